The van der Waals surface area contributed by atoms with Crippen molar-refractivity contribution in [3.63, 3.8) is 0 Å². The van der Waals surface area contributed by atoms with E-state index in [1.807, 2.05) is 12.3 Å². The number of nitrogens with two attached hydrogens (primary N) is 1. The Morgan fingerprint density at radius 1 is 1.37 bits per heavy atom. The van der Waals surface area contributed by atoms with Gasteiger partial charge in [-0.05, 0) is 62.4 Å². The summed E-state index contributed by atoms with van der Waals surface area (Å²) in [5, 5.41) is 2.86. The van der Waals surface area contributed by atoms with E-state index in [1.165, 1.54) is 0 Å². The lowest BCUT2D eigenvalue weighted by Crippen LogP contribution is -2.25. The summed E-state index contributed by atoms with van der Waals surface area (Å²) in [7, 11) is 0. The summed E-state index contributed by atoms with van der Waals surface area (Å²) in [5.41, 5.74) is 7.27. The summed E-state index contributed by atoms with van der Waals surface area (Å²) in [6, 6.07) is 3.65. The molecule has 5 N–H and O–H groups in total. The predicted octanol–water partition coefficient (Wildman–Crippen LogP) is 2.81. The summed E-state index contributed by atoms with van der Waals surface area (Å²) in [6.07, 6.45) is 3.63. The summed E-state index contributed by atoms with van der Waals surface area (Å²) in [4.78, 5) is 17.7. The van der Waals surface area contributed by atoms with Crippen LogP contribution in [0, 0.1) is 0 Å². The first-order chi connectivity index (χ1) is 9.06. The molecular formula is C12H14Br2N4O. The standard InChI is InChI=1S/C12H14Br2N4O/c13-8-5-9(18-11(8)14)12(19)16-3-1-2-7-4-10(15)17-6-7/h4-6,17-18H,1-3,15H2,(H,16,19). The maximum Gasteiger partial charge on any atom is 0.267 e. The van der Waals surface area contributed by atoms with Crippen molar-refractivity contribution in [2.45, 2.75) is 12.8 Å². The first kappa shape index (κ1) is 14.2. The number of carbonyl (C=O) groups is 1. The molecule has 2 rings (SSSR count). The first-order valence-electron chi connectivity index (χ1n) is 5.81. The van der Waals surface area contributed by atoms with Gasteiger partial charge in [-0.2, -0.15) is 0 Å². The van der Waals surface area contributed by atoms with Crippen LogP contribution in [0.5, 0.6) is 0 Å². The zero-order chi connectivity index (χ0) is 13.8. The quantitative estimate of drug-likeness (QED) is 0.592. The van der Waals surface area contributed by atoms with E-state index in [0.29, 0.717) is 18.1 Å². The van der Waals surface area contributed by atoms with Crippen LogP contribution in [0.2, 0.25) is 0 Å². The minimum atomic E-state index is -0.111. The van der Waals surface area contributed by atoms with Crippen LogP contribution in [-0.4, -0.2) is 22.4 Å². The zero-order valence-corrected chi connectivity index (χ0v) is 13.3. The molecule has 19 heavy (non-hydrogen) atoms. The number of anilines is 1. The van der Waals surface area contributed by atoms with Crippen molar-refractivity contribution in [2.24, 2.45) is 0 Å². The highest BCUT2D eigenvalue weighted by Gasteiger charge is 2.10. The molecule has 7 heteroatoms. The Labute approximate surface area is 127 Å². The van der Waals surface area contributed by atoms with Gasteiger partial charge in [0.1, 0.15) is 11.5 Å². The van der Waals surface area contributed by atoms with Crippen LogP contribution in [0.4, 0.5) is 5.82 Å². The van der Waals surface area contributed by atoms with Gasteiger partial charge in [-0.1, -0.05) is 0 Å². The Kier molecular flexibility index (Phi) is 4.71. The Hall–Kier alpha value is -1.21. The number of hydrogen-bond donors (Lipinski definition) is 4. The van der Waals surface area contributed by atoms with Gasteiger partial charge in [0.15, 0.2) is 0 Å². The van der Waals surface area contributed by atoms with E-state index in [-0.39, 0.29) is 5.91 Å². The molecule has 5 nitrogen and oxygen atoms in total. The molecule has 0 aliphatic rings. The van der Waals surface area contributed by atoms with Gasteiger partial charge in [0.25, 0.3) is 5.91 Å². The second-order valence-corrected chi connectivity index (χ2v) is 5.81. The van der Waals surface area contributed by atoms with Crippen molar-refractivity contribution >= 4 is 43.6 Å². The van der Waals surface area contributed by atoms with Crippen LogP contribution in [0.1, 0.15) is 22.5 Å². The number of H-pyrrole nitrogens is 2. The summed E-state index contributed by atoms with van der Waals surface area (Å²) < 4.78 is 1.60. The Morgan fingerprint density at radius 2 is 2.16 bits per heavy atom. The van der Waals surface area contributed by atoms with Gasteiger partial charge in [0.2, 0.25) is 0 Å². The lowest BCUT2D eigenvalue weighted by molar-refractivity contribution is 0.0948. The largest absolute Gasteiger partial charge is 0.385 e. The number of nitrogens with one attached hydrogen (secondary N) is 3. The van der Waals surface area contributed by atoms with Crippen LogP contribution in [0.3, 0.4) is 0 Å². The topological polar surface area (TPSA) is 86.7 Å². The molecule has 0 bridgehead atoms. The average molecular weight is 390 g/mol. The van der Waals surface area contributed by atoms with Gasteiger partial charge < -0.3 is 21.0 Å². The fourth-order valence-electron chi connectivity index (χ4n) is 1.72. The molecule has 2 aromatic rings. The predicted molar refractivity (Wildman–Crippen MR) is 82.1 cm³/mol. The van der Waals surface area contributed by atoms with Gasteiger partial charge in [-0.15, -0.1) is 0 Å². The van der Waals surface area contributed by atoms with Gasteiger partial charge in [0.05, 0.1) is 9.08 Å². The van der Waals surface area contributed by atoms with Crippen LogP contribution in [-0.2, 0) is 6.42 Å². The Balaban J connectivity index is 1.75. The number of hydrogen-bond acceptors (Lipinski definition) is 2. The SMILES string of the molecule is Nc1cc(CCCNC(=O)c2cc(Br)c(Br)[nH]2)c[nH]1. The van der Waals surface area contributed by atoms with Crippen molar-refractivity contribution < 1.29 is 4.79 Å². The summed E-state index contributed by atoms with van der Waals surface area (Å²) in [5.74, 6) is 0.556. The molecule has 0 radical (unpaired) electrons. The molecule has 1 amide bonds. The fourth-order valence-corrected chi connectivity index (χ4v) is 2.38. The van der Waals surface area contributed by atoms with E-state index in [4.69, 9.17) is 5.73 Å². The third kappa shape index (κ3) is 3.87. The second-order valence-electron chi connectivity index (χ2n) is 4.17. The van der Waals surface area contributed by atoms with Gasteiger partial charge in [0, 0.05) is 12.7 Å². The normalized spacial score (nSPS) is 10.6. The molecule has 2 heterocycles. The number of aromatic amines is 2. The molecule has 0 atom stereocenters. The summed E-state index contributed by atoms with van der Waals surface area (Å²) in [6.45, 7) is 0.623. The summed E-state index contributed by atoms with van der Waals surface area (Å²) >= 11 is 6.63. The van der Waals surface area contributed by atoms with Crippen molar-refractivity contribution in [3.05, 3.63) is 38.7 Å². The molecule has 0 spiro atoms. The highest BCUT2D eigenvalue weighted by Crippen LogP contribution is 2.22. The molecule has 0 fully saturated rings. The molecular weight excluding hydrogens is 376 g/mol. The molecule has 0 saturated carbocycles. The number of aromatic nitrogens is 2. The molecule has 0 unspecified atom stereocenters. The number of nitrogen functional groups attached to an aromatic ring is 1. The minimum absolute atomic E-state index is 0.111. The fraction of sp³-hybridized carbons (Fsp3) is 0.250. The molecule has 2 aromatic heterocycles. The van der Waals surface area contributed by atoms with Crippen LogP contribution in [0.15, 0.2) is 27.4 Å². The second kappa shape index (κ2) is 6.29. The zero-order valence-electron chi connectivity index (χ0n) is 10.1. The highest BCUT2D eigenvalue weighted by molar-refractivity contribution is 9.13. The number of halogens is 2. The molecule has 0 aliphatic heterocycles. The number of carbonyl (C=O) groups excluding carboxylic acids is 1. The molecule has 0 aromatic carbocycles. The van der Waals surface area contributed by atoms with E-state index in [0.717, 1.165) is 27.5 Å². The first-order valence-corrected chi connectivity index (χ1v) is 7.40. The van der Waals surface area contributed by atoms with E-state index < -0.39 is 0 Å². The molecule has 102 valence electrons. The number of amides is 1. The van der Waals surface area contributed by atoms with E-state index in [9.17, 15) is 4.79 Å². The molecule has 0 saturated heterocycles. The van der Waals surface area contributed by atoms with E-state index >= 15 is 0 Å². The van der Waals surface area contributed by atoms with E-state index in [1.54, 1.807) is 6.07 Å². The lowest BCUT2D eigenvalue weighted by atomic mass is 10.2. The molecule has 0 aliphatic carbocycles. The van der Waals surface area contributed by atoms with Gasteiger partial charge in [-0.3, -0.25) is 4.79 Å². The van der Waals surface area contributed by atoms with Crippen LogP contribution >= 0.6 is 31.9 Å². The van der Waals surface area contributed by atoms with Crippen LogP contribution < -0.4 is 11.1 Å². The van der Waals surface area contributed by atoms with Crippen LogP contribution in [0.25, 0.3) is 0 Å². The van der Waals surface area contributed by atoms with Gasteiger partial charge >= 0.3 is 0 Å². The third-order valence-electron chi connectivity index (χ3n) is 2.66. The highest BCUT2D eigenvalue weighted by atomic mass is 79.9. The number of aryl methyl sites for hydroxylation is 1. The average Bonchev–Trinajstić information content (AvgIpc) is 2.92. The van der Waals surface area contributed by atoms with Crippen molar-refractivity contribution in [1.82, 2.24) is 15.3 Å². The Morgan fingerprint density at radius 3 is 2.74 bits per heavy atom. The monoisotopic (exact) mass is 388 g/mol. The van der Waals surface area contributed by atoms with E-state index in [2.05, 4.69) is 47.1 Å². The van der Waals surface area contributed by atoms with Crippen molar-refractivity contribution in [2.75, 3.05) is 12.3 Å². The smallest absolute Gasteiger partial charge is 0.267 e. The van der Waals surface area contributed by atoms with Crippen molar-refractivity contribution in [1.29, 1.82) is 0 Å². The number of rotatable bonds is 5. The lowest BCUT2D eigenvalue weighted by Gasteiger charge is -2.02. The minimum Gasteiger partial charge on any atom is -0.385 e. The Bertz CT molecular complexity index is 557. The maximum atomic E-state index is 11.8. The maximum absolute atomic E-state index is 11.8. The van der Waals surface area contributed by atoms with Crippen molar-refractivity contribution in [3.8, 4) is 0 Å². The third-order valence-corrected chi connectivity index (χ3v) is 4.45. The van der Waals surface area contributed by atoms with Gasteiger partial charge in [-0.25, -0.2) is 0 Å².